The van der Waals surface area contributed by atoms with Gasteiger partial charge in [-0.15, -0.1) is 0 Å². The zero-order chi connectivity index (χ0) is 19.4. The van der Waals surface area contributed by atoms with Crippen LogP contribution in [0.4, 0.5) is 5.69 Å². The summed E-state index contributed by atoms with van der Waals surface area (Å²) in [5.74, 6) is 0.0158. The maximum atomic E-state index is 12.3. The first-order chi connectivity index (χ1) is 12.9. The summed E-state index contributed by atoms with van der Waals surface area (Å²) in [4.78, 5) is 13.5. The highest BCUT2D eigenvalue weighted by molar-refractivity contribution is 5.91. The van der Waals surface area contributed by atoms with E-state index in [9.17, 15) is 4.79 Å². The van der Waals surface area contributed by atoms with Crippen molar-refractivity contribution in [3.8, 4) is 5.69 Å². The Morgan fingerprint density at radius 2 is 1.70 bits per heavy atom. The predicted molar refractivity (Wildman–Crippen MR) is 108 cm³/mol. The second-order valence-electron chi connectivity index (χ2n) is 7.12. The van der Waals surface area contributed by atoms with Gasteiger partial charge in [-0.3, -0.25) is 4.79 Å². The third kappa shape index (κ3) is 4.63. The molecule has 0 aliphatic heterocycles. The number of aromatic nitrogens is 2. The fraction of sp³-hybridized carbons (Fsp3) is 0.273. The van der Waals surface area contributed by atoms with Gasteiger partial charge in [0.1, 0.15) is 6.54 Å². The number of carbonyl (C=O) groups excluding carboxylic acids is 1. The number of aryl methyl sites for hydroxylation is 2. The van der Waals surface area contributed by atoms with Crippen LogP contribution in [0, 0.1) is 20.8 Å². The summed E-state index contributed by atoms with van der Waals surface area (Å²) >= 11 is 0. The molecular weight excluding hydrogens is 336 g/mol. The van der Waals surface area contributed by atoms with E-state index in [2.05, 4.69) is 24.4 Å². The fourth-order valence-electron chi connectivity index (χ4n) is 3.23. The predicted octanol–water partition coefficient (Wildman–Crippen LogP) is 2.45. The van der Waals surface area contributed by atoms with Crippen LogP contribution in [-0.4, -0.2) is 29.3 Å². The van der Waals surface area contributed by atoms with Gasteiger partial charge in [0.25, 0.3) is 5.91 Å². The maximum absolute atomic E-state index is 12.3. The summed E-state index contributed by atoms with van der Waals surface area (Å²) in [6.45, 7) is 7.31. The molecule has 0 saturated heterocycles. The van der Waals surface area contributed by atoms with Crippen molar-refractivity contribution in [1.82, 2.24) is 9.78 Å². The van der Waals surface area contributed by atoms with E-state index in [0.29, 0.717) is 6.54 Å². The van der Waals surface area contributed by atoms with Crippen LogP contribution >= 0.6 is 0 Å². The Labute approximate surface area is 160 Å². The SMILES string of the molecule is Cc1ccc(NC(=O)C[NH+](C)Cc2c(C)nn(-c3ccccc3)c2C)cc1. The summed E-state index contributed by atoms with van der Waals surface area (Å²) < 4.78 is 1.98. The number of hydrogen-bond acceptors (Lipinski definition) is 2. The molecule has 1 heterocycles. The van der Waals surface area contributed by atoms with E-state index in [-0.39, 0.29) is 5.91 Å². The molecular formula is C22H27N4O+. The largest absolute Gasteiger partial charge is 0.326 e. The molecule has 5 nitrogen and oxygen atoms in total. The molecule has 140 valence electrons. The molecule has 0 aliphatic carbocycles. The Balaban J connectivity index is 1.65. The van der Waals surface area contributed by atoms with Crippen LogP contribution in [0.3, 0.4) is 0 Å². The molecule has 1 unspecified atom stereocenters. The number of anilines is 1. The van der Waals surface area contributed by atoms with E-state index in [0.717, 1.165) is 34.2 Å². The van der Waals surface area contributed by atoms with Crippen molar-refractivity contribution in [2.24, 2.45) is 0 Å². The number of hydrogen-bond donors (Lipinski definition) is 2. The Morgan fingerprint density at radius 1 is 1.04 bits per heavy atom. The summed E-state index contributed by atoms with van der Waals surface area (Å²) in [7, 11) is 2.04. The molecule has 0 radical (unpaired) electrons. The van der Waals surface area contributed by atoms with Gasteiger partial charge in [-0.25, -0.2) is 4.68 Å². The van der Waals surface area contributed by atoms with E-state index in [1.54, 1.807) is 0 Å². The highest BCUT2D eigenvalue weighted by Crippen LogP contribution is 2.17. The van der Waals surface area contributed by atoms with Gasteiger partial charge < -0.3 is 10.2 Å². The molecule has 0 bridgehead atoms. The monoisotopic (exact) mass is 363 g/mol. The lowest BCUT2D eigenvalue weighted by Crippen LogP contribution is -3.08. The quantitative estimate of drug-likeness (QED) is 0.707. The van der Waals surface area contributed by atoms with Gasteiger partial charge in [0, 0.05) is 5.69 Å². The zero-order valence-corrected chi connectivity index (χ0v) is 16.4. The van der Waals surface area contributed by atoms with Gasteiger partial charge >= 0.3 is 0 Å². The Bertz CT molecular complexity index is 913. The molecule has 0 fully saturated rings. The molecule has 0 saturated carbocycles. The van der Waals surface area contributed by atoms with Crippen molar-refractivity contribution in [3.63, 3.8) is 0 Å². The van der Waals surface area contributed by atoms with Crippen molar-refractivity contribution in [1.29, 1.82) is 0 Å². The van der Waals surface area contributed by atoms with Crippen LogP contribution in [0.2, 0.25) is 0 Å². The van der Waals surface area contributed by atoms with Crippen LogP contribution in [0.1, 0.15) is 22.5 Å². The number of para-hydroxylation sites is 1. The minimum atomic E-state index is 0.0158. The zero-order valence-electron chi connectivity index (χ0n) is 16.4. The molecule has 0 aliphatic rings. The first kappa shape index (κ1) is 18.9. The summed E-state index contributed by atoms with van der Waals surface area (Å²) in [6, 6.07) is 18.0. The first-order valence-corrected chi connectivity index (χ1v) is 9.22. The molecule has 1 atom stereocenters. The average molecular weight is 363 g/mol. The second-order valence-corrected chi connectivity index (χ2v) is 7.12. The first-order valence-electron chi connectivity index (χ1n) is 9.22. The molecule has 1 aromatic heterocycles. The third-order valence-corrected chi connectivity index (χ3v) is 4.72. The summed E-state index contributed by atoms with van der Waals surface area (Å²) in [5, 5.41) is 7.66. The van der Waals surface area contributed by atoms with Crippen LogP contribution in [0.15, 0.2) is 54.6 Å². The van der Waals surface area contributed by atoms with Gasteiger partial charge in [0.2, 0.25) is 0 Å². The normalized spacial score (nSPS) is 12.0. The number of quaternary nitrogens is 1. The molecule has 1 amide bonds. The number of rotatable bonds is 6. The highest BCUT2D eigenvalue weighted by Gasteiger charge is 2.18. The number of nitrogens with one attached hydrogen (secondary N) is 2. The number of nitrogens with zero attached hydrogens (tertiary/aromatic N) is 2. The Kier molecular flexibility index (Phi) is 5.72. The van der Waals surface area contributed by atoms with Crippen LogP contribution < -0.4 is 10.2 Å². The molecule has 5 heteroatoms. The summed E-state index contributed by atoms with van der Waals surface area (Å²) in [6.07, 6.45) is 0. The van der Waals surface area contributed by atoms with Crippen molar-refractivity contribution in [2.45, 2.75) is 27.3 Å². The fourth-order valence-corrected chi connectivity index (χ4v) is 3.23. The lowest BCUT2D eigenvalue weighted by molar-refractivity contribution is -0.885. The lowest BCUT2D eigenvalue weighted by Gasteiger charge is -2.14. The Morgan fingerprint density at radius 3 is 2.37 bits per heavy atom. The molecule has 0 spiro atoms. The van der Waals surface area contributed by atoms with E-state index in [1.165, 1.54) is 11.1 Å². The van der Waals surface area contributed by atoms with Crippen molar-refractivity contribution in [3.05, 3.63) is 77.1 Å². The lowest BCUT2D eigenvalue weighted by atomic mass is 10.2. The van der Waals surface area contributed by atoms with E-state index >= 15 is 0 Å². The smallest absolute Gasteiger partial charge is 0.279 e. The third-order valence-electron chi connectivity index (χ3n) is 4.72. The number of benzene rings is 2. The van der Waals surface area contributed by atoms with Crippen LogP contribution in [-0.2, 0) is 11.3 Å². The molecule has 2 N–H and O–H groups in total. The highest BCUT2D eigenvalue weighted by atomic mass is 16.2. The number of amides is 1. The molecule has 2 aromatic carbocycles. The number of likely N-dealkylation sites (N-methyl/N-ethyl adjacent to an activating group) is 1. The minimum absolute atomic E-state index is 0.0158. The standard InChI is InChI=1S/C22H26N4O/c1-16-10-12-19(13-11-16)23-22(27)15-25(4)14-21-17(2)24-26(18(21)3)20-8-6-5-7-9-20/h5-13H,14-15H2,1-4H3,(H,23,27)/p+1. The van der Waals surface area contributed by atoms with Crippen molar-refractivity contribution < 1.29 is 9.69 Å². The van der Waals surface area contributed by atoms with E-state index in [4.69, 9.17) is 5.10 Å². The molecule has 27 heavy (non-hydrogen) atoms. The van der Waals surface area contributed by atoms with Crippen molar-refractivity contribution >= 4 is 11.6 Å². The van der Waals surface area contributed by atoms with Gasteiger partial charge in [0.05, 0.1) is 29.7 Å². The van der Waals surface area contributed by atoms with Gasteiger partial charge in [0.15, 0.2) is 6.54 Å². The van der Waals surface area contributed by atoms with Gasteiger partial charge in [-0.2, -0.15) is 5.10 Å². The maximum Gasteiger partial charge on any atom is 0.279 e. The average Bonchev–Trinajstić information content (AvgIpc) is 2.92. The van der Waals surface area contributed by atoms with Crippen molar-refractivity contribution in [2.75, 3.05) is 18.9 Å². The molecule has 3 aromatic rings. The van der Waals surface area contributed by atoms with Crippen LogP contribution in [0.5, 0.6) is 0 Å². The van der Waals surface area contributed by atoms with Gasteiger partial charge in [-0.05, 0) is 45.0 Å². The molecule has 3 rings (SSSR count). The van der Waals surface area contributed by atoms with E-state index in [1.807, 2.05) is 68.0 Å². The number of carbonyl (C=O) groups is 1. The second kappa shape index (κ2) is 8.18. The summed E-state index contributed by atoms with van der Waals surface area (Å²) in [5.41, 5.74) is 6.39. The van der Waals surface area contributed by atoms with Crippen LogP contribution in [0.25, 0.3) is 5.69 Å². The van der Waals surface area contributed by atoms with Gasteiger partial charge in [-0.1, -0.05) is 35.9 Å². The van der Waals surface area contributed by atoms with E-state index < -0.39 is 0 Å². The Hall–Kier alpha value is -2.92. The minimum Gasteiger partial charge on any atom is -0.326 e. The topological polar surface area (TPSA) is 51.4 Å².